The van der Waals surface area contributed by atoms with E-state index in [0.29, 0.717) is 0 Å². The Morgan fingerprint density at radius 3 is 2.64 bits per heavy atom. The van der Waals surface area contributed by atoms with Crippen molar-refractivity contribution in [3.05, 3.63) is 48.0 Å². The van der Waals surface area contributed by atoms with Crippen molar-refractivity contribution in [1.82, 2.24) is 0 Å². The highest BCUT2D eigenvalue weighted by atomic mass is 32.2. The van der Waals surface area contributed by atoms with Gasteiger partial charge in [0.05, 0.1) is 11.4 Å². The van der Waals surface area contributed by atoms with Gasteiger partial charge in [0.25, 0.3) is 0 Å². The Bertz CT molecular complexity index is 668. The average Bonchev–Trinajstić information content (AvgIpc) is 2.57. The van der Waals surface area contributed by atoms with Gasteiger partial charge in [-0.05, 0) is 24.6 Å². The van der Waals surface area contributed by atoms with Crippen LogP contribution in [0.25, 0.3) is 0 Å². The van der Waals surface area contributed by atoms with Crippen LogP contribution < -0.4 is 4.90 Å². The van der Waals surface area contributed by atoms with Gasteiger partial charge in [-0.3, -0.25) is 4.79 Å². The summed E-state index contributed by atoms with van der Waals surface area (Å²) in [4.78, 5) is 16.1. The molecule has 0 radical (unpaired) electrons. The smallest absolute Gasteiger partial charge is 0.151 e. The number of para-hydroxylation sites is 1. The van der Waals surface area contributed by atoms with E-state index in [4.69, 9.17) is 0 Å². The van der Waals surface area contributed by atoms with E-state index < -0.39 is 0 Å². The highest BCUT2D eigenvalue weighted by molar-refractivity contribution is 7.99. The highest BCUT2D eigenvalue weighted by Gasteiger charge is 2.24. The molecule has 0 aliphatic carbocycles. The lowest BCUT2D eigenvalue weighted by Crippen LogP contribution is -2.22. The third-order valence-electron chi connectivity index (χ3n) is 4.05. The summed E-state index contributed by atoms with van der Waals surface area (Å²) in [5.41, 5.74) is 3.22. The van der Waals surface area contributed by atoms with Crippen LogP contribution in [0.2, 0.25) is 0 Å². The third kappa shape index (κ3) is 2.91. The molecule has 0 saturated heterocycles. The van der Waals surface area contributed by atoms with Crippen molar-refractivity contribution in [2.45, 2.75) is 42.4 Å². The summed E-state index contributed by atoms with van der Waals surface area (Å²) in [6.45, 7) is 3.24. The molecule has 0 bridgehead atoms. The SMILES string of the molecule is CCCCCCN1c2ccccc2Sc2c(C=O)cccc21. The molecule has 1 aliphatic heterocycles. The molecule has 2 aromatic carbocycles. The van der Waals surface area contributed by atoms with E-state index in [1.165, 1.54) is 42.0 Å². The lowest BCUT2D eigenvalue weighted by atomic mass is 10.1. The van der Waals surface area contributed by atoms with Crippen LogP contribution >= 0.6 is 11.8 Å². The molecule has 0 fully saturated rings. The van der Waals surface area contributed by atoms with Crippen LogP contribution in [0.4, 0.5) is 11.4 Å². The van der Waals surface area contributed by atoms with Crippen LogP contribution in [-0.4, -0.2) is 12.8 Å². The van der Waals surface area contributed by atoms with E-state index in [2.05, 4.69) is 42.2 Å². The molecule has 1 aliphatic rings. The number of hydrogen-bond donors (Lipinski definition) is 0. The normalized spacial score (nSPS) is 12.7. The molecule has 3 heteroatoms. The Kier molecular flexibility index (Phi) is 4.84. The number of anilines is 2. The van der Waals surface area contributed by atoms with Gasteiger partial charge in [-0.1, -0.05) is 62.2 Å². The molecule has 0 amide bonds. The van der Waals surface area contributed by atoms with Gasteiger partial charge in [0, 0.05) is 21.9 Å². The second-order valence-electron chi connectivity index (χ2n) is 5.60. The Hall–Kier alpha value is -1.74. The van der Waals surface area contributed by atoms with Gasteiger partial charge in [-0.2, -0.15) is 0 Å². The average molecular weight is 311 g/mol. The minimum absolute atomic E-state index is 0.788. The van der Waals surface area contributed by atoms with E-state index in [1.807, 2.05) is 12.1 Å². The van der Waals surface area contributed by atoms with Crippen LogP contribution in [0.5, 0.6) is 0 Å². The van der Waals surface area contributed by atoms with E-state index in [9.17, 15) is 4.79 Å². The van der Waals surface area contributed by atoms with Crippen molar-refractivity contribution in [2.75, 3.05) is 11.4 Å². The van der Waals surface area contributed by atoms with Gasteiger partial charge < -0.3 is 4.90 Å². The Labute approximate surface area is 136 Å². The zero-order valence-corrected chi connectivity index (χ0v) is 13.7. The predicted octanol–water partition coefficient (Wildman–Crippen LogP) is 5.68. The summed E-state index contributed by atoms with van der Waals surface area (Å²) >= 11 is 1.71. The summed E-state index contributed by atoms with van der Waals surface area (Å²) in [5, 5.41) is 0. The van der Waals surface area contributed by atoms with Gasteiger partial charge in [-0.25, -0.2) is 0 Å². The van der Waals surface area contributed by atoms with Crippen LogP contribution in [0.15, 0.2) is 52.3 Å². The first kappa shape index (κ1) is 15.2. The quantitative estimate of drug-likeness (QED) is 0.505. The van der Waals surface area contributed by atoms with E-state index in [0.717, 1.165) is 23.3 Å². The zero-order valence-electron chi connectivity index (χ0n) is 12.9. The number of rotatable bonds is 6. The number of unbranched alkanes of at least 4 members (excludes halogenated alkanes) is 3. The zero-order chi connectivity index (χ0) is 15.4. The van der Waals surface area contributed by atoms with Crippen molar-refractivity contribution < 1.29 is 4.79 Å². The first-order valence-corrected chi connectivity index (χ1v) is 8.79. The maximum atomic E-state index is 11.4. The summed E-state index contributed by atoms with van der Waals surface area (Å²) in [7, 11) is 0. The fourth-order valence-corrected chi connectivity index (χ4v) is 4.07. The topological polar surface area (TPSA) is 20.3 Å². The molecule has 0 spiro atoms. The van der Waals surface area contributed by atoms with E-state index >= 15 is 0 Å². The van der Waals surface area contributed by atoms with Crippen molar-refractivity contribution in [3.8, 4) is 0 Å². The summed E-state index contributed by atoms with van der Waals surface area (Å²) in [6, 6.07) is 14.5. The molecule has 0 N–H and O–H groups in total. The second-order valence-corrected chi connectivity index (χ2v) is 6.65. The van der Waals surface area contributed by atoms with Gasteiger partial charge in [0.1, 0.15) is 0 Å². The molecule has 0 atom stereocenters. The van der Waals surface area contributed by atoms with Gasteiger partial charge in [-0.15, -0.1) is 0 Å². The van der Waals surface area contributed by atoms with Gasteiger partial charge >= 0.3 is 0 Å². The molecule has 2 aromatic rings. The van der Waals surface area contributed by atoms with Crippen LogP contribution in [0.1, 0.15) is 43.0 Å². The summed E-state index contributed by atoms with van der Waals surface area (Å²) < 4.78 is 0. The number of carbonyl (C=O) groups is 1. The minimum atomic E-state index is 0.788. The lowest BCUT2D eigenvalue weighted by molar-refractivity contribution is 0.112. The maximum Gasteiger partial charge on any atom is 0.151 e. The van der Waals surface area contributed by atoms with Gasteiger partial charge in [0.15, 0.2) is 6.29 Å². The number of aldehydes is 1. The fraction of sp³-hybridized carbons (Fsp3) is 0.316. The molecule has 0 unspecified atom stereocenters. The molecule has 0 aromatic heterocycles. The molecular formula is C19H21NOS. The van der Waals surface area contributed by atoms with E-state index in [1.54, 1.807) is 11.8 Å². The fourth-order valence-electron chi connectivity index (χ4n) is 2.90. The minimum Gasteiger partial charge on any atom is -0.340 e. The monoisotopic (exact) mass is 311 g/mol. The standard InChI is InChI=1S/C19H21NOS/c1-2-3-4-7-13-20-16-10-5-6-12-18(16)22-19-15(14-21)9-8-11-17(19)20/h5-6,8-12,14H,2-4,7,13H2,1H3. The molecule has 22 heavy (non-hydrogen) atoms. The number of hydrogen-bond acceptors (Lipinski definition) is 3. The van der Waals surface area contributed by atoms with E-state index in [-0.39, 0.29) is 0 Å². The molecule has 0 saturated carbocycles. The number of nitrogens with zero attached hydrogens (tertiary/aromatic N) is 1. The summed E-state index contributed by atoms with van der Waals surface area (Å²) in [5.74, 6) is 0. The van der Waals surface area contributed by atoms with Crippen molar-refractivity contribution in [1.29, 1.82) is 0 Å². The molecule has 3 rings (SSSR count). The van der Waals surface area contributed by atoms with Crippen LogP contribution in [0.3, 0.4) is 0 Å². The third-order valence-corrected chi connectivity index (χ3v) is 5.26. The number of benzene rings is 2. The van der Waals surface area contributed by atoms with Crippen molar-refractivity contribution in [2.24, 2.45) is 0 Å². The Balaban J connectivity index is 1.96. The molecule has 2 nitrogen and oxygen atoms in total. The lowest BCUT2D eigenvalue weighted by Gasteiger charge is -2.33. The van der Waals surface area contributed by atoms with Crippen LogP contribution in [-0.2, 0) is 0 Å². The van der Waals surface area contributed by atoms with Gasteiger partial charge in [0.2, 0.25) is 0 Å². The Morgan fingerprint density at radius 1 is 1.00 bits per heavy atom. The maximum absolute atomic E-state index is 11.4. The van der Waals surface area contributed by atoms with Crippen LogP contribution in [0, 0.1) is 0 Å². The predicted molar refractivity (Wildman–Crippen MR) is 93.5 cm³/mol. The van der Waals surface area contributed by atoms with Crippen molar-refractivity contribution in [3.63, 3.8) is 0 Å². The Morgan fingerprint density at radius 2 is 1.82 bits per heavy atom. The molecular weight excluding hydrogens is 290 g/mol. The second kappa shape index (κ2) is 7.01. The largest absolute Gasteiger partial charge is 0.340 e. The molecule has 114 valence electrons. The molecule has 1 heterocycles. The number of fused-ring (bicyclic) bond motifs is 2. The summed E-state index contributed by atoms with van der Waals surface area (Å²) in [6.07, 6.45) is 5.93. The van der Waals surface area contributed by atoms with Crippen molar-refractivity contribution >= 4 is 29.4 Å². The highest BCUT2D eigenvalue weighted by Crippen LogP contribution is 2.49. The first-order chi connectivity index (χ1) is 10.8. The number of carbonyl (C=O) groups excluding carboxylic acids is 1. The first-order valence-electron chi connectivity index (χ1n) is 7.97.